The van der Waals surface area contributed by atoms with Gasteiger partial charge >= 0.3 is 0 Å². The third-order valence-corrected chi connectivity index (χ3v) is 4.93. The molecule has 0 aliphatic heterocycles. The van der Waals surface area contributed by atoms with Crippen LogP contribution in [-0.4, -0.2) is 34.3 Å². The van der Waals surface area contributed by atoms with Crippen LogP contribution in [0, 0.1) is 6.92 Å². The lowest BCUT2D eigenvalue weighted by atomic mass is 9.92. The van der Waals surface area contributed by atoms with Gasteiger partial charge in [-0.05, 0) is 24.5 Å². The first kappa shape index (κ1) is 22.9. The van der Waals surface area contributed by atoms with Gasteiger partial charge in [0.05, 0.1) is 6.54 Å². The average molecular weight is 504 g/mol. The molecule has 6 nitrogen and oxygen atoms in total. The van der Waals surface area contributed by atoms with Crippen molar-refractivity contribution in [3.63, 3.8) is 0 Å². The molecular formula is C22H29IN6. The molecule has 2 N–H and O–H groups in total. The van der Waals surface area contributed by atoms with Crippen LogP contribution >= 0.6 is 24.0 Å². The second-order valence-electron chi connectivity index (χ2n) is 6.83. The highest BCUT2D eigenvalue weighted by molar-refractivity contribution is 14.0. The highest BCUT2D eigenvalue weighted by Crippen LogP contribution is 2.20. The maximum Gasteiger partial charge on any atom is 0.191 e. The Balaban J connectivity index is 0.00000300. The Bertz CT molecular complexity index is 892. The van der Waals surface area contributed by atoms with Gasteiger partial charge < -0.3 is 15.2 Å². The molecule has 0 saturated heterocycles. The summed E-state index contributed by atoms with van der Waals surface area (Å²) in [6.07, 6.45) is 0.970. The van der Waals surface area contributed by atoms with E-state index in [4.69, 9.17) is 0 Å². The minimum Gasteiger partial charge on any atom is -0.356 e. The molecule has 1 aromatic heterocycles. The van der Waals surface area contributed by atoms with E-state index in [-0.39, 0.29) is 24.0 Å². The van der Waals surface area contributed by atoms with Crippen LogP contribution in [0.4, 0.5) is 0 Å². The van der Waals surface area contributed by atoms with E-state index in [2.05, 4.69) is 86.5 Å². The molecule has 0 aliphatic rings. The standard InChI is InChI=1S/C22H28N6.HI/c1-17-26-27-21(28(17)3)16-25-22(23-2)24-15-20(19-12-8-5-9-13-19)14-18-10-6-4-7-11-18;/h4-13,20H,14-16H2,1-3H3,(H2,23,24,25);1H. The maximum absolute atomic E-state index is 4.35. The summed E-state index contributed by atoms with van der Waals surface area (Å²) in [5.41, 5.74) is 2.65. The first-order chi connectivity index (χ1) is 13.7. The van der Waals surface area contributed by atoms with Crippen molar-refractivity contribution in [2.45, 2.75) is 25.8 Å². The van der Waals surface area contributed by atoms with Crippen molar-refractivity contribution in [1.29, 1.82) is 0 Å². The molecule has 3 aromatic rings. The van der Waals surface area contributed by atoms with E-state index < -0.39 is 0 Å². The van der Waals surface area contributed by atoms with Crippen molar-refractivity contribution in [2.75, 3.05) is 13.6 Å². The molecule has 0 aliphatic carbocycles. The second-order valence-corrected chi connectivity index (χ2v) is 6.83. The number of nitrogens with one attached hydrogen (secondary N) is 2. The molecule has 0 fully saturated rings. The number of benzene rings is 2. The van der Waals surface area contributed by atoms with Gasteiger partial charge in [0.2, 0.25) is 0 Å². The monoisotopic (exact) mass is 504 g/mol. The quantitative estimate of drug-likeness (QED) is 0.294. The molecule has 2 aromatic carbocycles. The van der Waals surface area contributed by atoms with Gasteiger partial charge in [0.25, 0.3) is 0 Å². The van der Waals surface area contributed by atoms with E-state index in [9.17, 15) is 0 Å². The number of aromatic nitrogens is 3. The van der Waals surface area contributed by atoms with E-state index in [1.165, 1.54) is 11.1 Å². The molecule has 154 valence electrons. The Morgan fingerprint density at radius 1 is 1.00 bits per heavy atom. The van der Waals surface area contributed by atoms with Crippen LogP contribution in [0.5, 0.6) is 0 Å². The molecule has 0 spiro atoms. The van der Waals surface area contributed by atoms with Gasteiger partial charge in [0.1, 0.15) is 5.82 Å². The third-order valence-electron chi connectivity index (χ3n) is 4.93. The van der Waals surface area contributed by atoms with Gasteiger partial charge in [-0.1, -0.05) is 60.7 Å². The molecule has 29 heavy (non-hydrogen) atoms. The maximum atomic E-state index is 4.35. The number of hydrogen-bond donors (Lipinski definition) is 2. The Morgan fingerprint density at radius 3 is 2.24 bits per heavy atom. The number of hydrogen-bond acceptors (Lipinski definition) is 3. The molecule has 0 bridgehead atoms. The molecule has 1 atom stereocenters. The van der Waals surface area contributed by atoms with Gasteiger partial charge in [-0.2, -0.15) is 0 Å². The van der Waals surface area contributed by atoms with Gasteiger partial charge in [0.15, 0.2) is 11.8 Å². The van der Waals surface area contributed by atoms with Crippen molar-refractivity contribution in [2.24, 2.45) is 12.0 Å². The molecule has 1 unspecified atom stereocenters. The van der Waals surface area contributed by atoms with Gasteiger partial charge in [-0.15, -0.1) is 34.2 Å². The van der Waals surface area contributed by atoms with Crippen LogP contribution in [0.15, 0.2) is 65.7 Å². The van der Waals surface area contributed by atoms with E-state index in [0.29, 0.717) is 12.5 Å². The Hall–Kier alpha value is -2.42. The largest absolute Gasteiger partial charge is 0.356 e. The smallest absolute Gasteiger partial charge is 0.191 e. The molecule has 0 radical (unpaired) electrons. The SMILES string of the molecule is CN=C(NCc1nnc(C)n1C)NCC(Cc1ccccc1)c1ccccc1.I. The summed E-state index contributed by atoms with van der Waals surface area (Å²) in [7, 11) is 3.75. The summed E-state index contributed by atoms with van der Waals surface area (Å²) in [4.78, 5) is 4.35. The highest BCUT2D eigenvalue weighted by Gasteiger charge is 2.13. The molecule has 0 saturated carbocycles. The zero-order valence-corrected chi connectivity index (χ0v) is 19.5. The number of rotatable bonds is 7. The fourth-order valence-electron chi connectivity index (χ4n) is 3.14. The summed E-state index contributed by atoms with van der Waals surface area (Å²) >= 11 is 0. The van der Waals surface area contributed by atoms with E-state index in [0.717, 1.165) is 30.6 Å². The van der Waals surface area contributed by atoms with Crippen molar-refractivity contribution < 1.29 is 0 Å². The normalized spacial score (nSPS) is 12.2. The number of aliphatic imine (C=N–C) groups is 1. The van der Waals surface area contributed by atoms with Crippen LogP contribution in [0.1, 0.15) is 28.7 Å². The minimum absolute atomic E-state index is 0. The fraction of sp³-hybridized carbons (Fsp3) is 0.318. The second kappa shape index (κ2) is 11.5. The molecule has 1 heterocycles. The number of guanidine groups is 1. The topological polar surface area (TPSA) is 67.1 Å². The van der Waals surface area contributed by atoms with Crippen molar-refractivity contribution in [3.8, 4) is 0 Å². The number of nitrogens with zero attached hydrogens (tertiary/aromatic N) is 4. The molecular weight excluding hydrogens is 475 g/mol. The minimum atomic E-state index is 0. The first-order valence-electron chi connectivity index (χ1n) is 9.55. The zero-order chi connectivity index (χ0) is 19.8. The fourth-order valence-corrected chi connectivity index (χ4v) is 3.14. The lowest BCUT2D eigenvalue weighted by Crippen LogP contribution is -2.39. The van der Waals surface area contributed by atoms with Crippen LogP contribution in [0.3, 0.4) is 0 Å². The van der Waals surface area contributed by atoms with E-state index in [1.54, 1.807) is 7.05 Å². The molecule has 0 amide bonds. The predicted molar refractivity (Wildman–Crippen MR) is 129 cm³/mol. The van der Waals surface area contributed by atoms with Gasteiger partial charge in [-0.25, -0.2) is 0 Å². The van der Waals surface area contributed by atoms with Crippen LogP contribution in [0.25, 0.3) is 0 Å². The van der Waals surface area contributed by atoms with Crippen LogP contribution in [0.2, 0.25) is 0 Å². The molecule has 7 heteroatoms. The Morgan fingerprint density at radius 2 is 1.66 bits per heavy atom. The van der Waals surface area contributed by atoms with Crippen LogP contribution < -0.4 is 10.6 Å². The summed E-state index contributed by atoms with van der Waals surface area (Å²) in [6.45, 7) is 3.31. The number of halogens is 1. The lowest BCUT2D eigenvalue weighted by Gasteiger charge is -2.20. The Labute approximate surface area is 189 Å². The third kappa shape index (κ3) is 6.56. The average Bonchev–Trinajstić information content (AvgIpc) is 3.06. The summed E-state index contributed by atoms with van der Waals surface area (Å²) in [5, 5.41) is 15.1. The predicted octanol–water partition coefficient (Wildman–Crippen LogP) is 3.43. The molecule has 3 rings (SSSR count). The van der Waals surface area contributed by atoms with Crippen molar-refractivity contribution in [3.05, 3.63) is 83.4 Å². The van der Waals surface area contributed by atoms with Gasteiger partial charge in [-0.3, -0.25) is 4.99 Å². The highest BCUT2D eigenvalue weighted by atomic mass is 127. The van der Waals surface area contributed by atoms with Crippen molar-refractivity contribution in [1.82, 2.24) is 25.4 Å². The zero-order valence-electron chi connectivity index (χ0n) is 17.2. The first-order valence-corrected chi connectivity index (χ1v) is 9.55. The van der Waals surface area contributed by atoms with Gasteiger partial charge in [0, 0.05) is 26.6 Å². The van der Waals surface area contributed by atoms with Crippen LogP contribution in [-0.2, 0) is 20.0 Å². The van der Waals surface area contributed by atoms with E-state index in [1.807, 2.05) is 18.5 Å². The van der Waals surface area contributed by atoms with Crippen molar-refractivity contribution >= 4 is 29.9 Å². The Kier molecular flexibility index (Phi) is 9.11. The summed E-state index contributed by atoms with van der Waals surface area (Å²) in [5.74, 6) is 2.88. The summed E-state index contributed by atoms with van der Waals surface area (Å²) < 4.78 is 1.97. The summed E-state index contributed by atoms with van der Waals surface area (Å²) in [6, 6.07) is 21.2. The lowest BCUT2D eigenvalue weighted by molar-refractivity contribution is 0.639. The van der Waals surface area contributed by atoms with E-state index >= 15 is 0 Å². The number of aryl methyl sites for hydroxylation is 1.